The molecule has 5 rings (SSSR count). The molecule has 3 unspecified atom stereocenters. The molecular formula is C27H39N3O2S+. The number of nitrogens with zero attached hydrogens (tertiary/aromatic N) is 3. The molecule has 3 aliphatic rings. The highest BCUT2D eigenvalue weighted by atomic mass is 32.1. The first kappa shape index (κ1) is 23.3. The number of hydrogen-bond acceptors (Lipinski definition) is 6. The van der Waals surface area contributed by atoms with Crippen molar-refractivity contribution in [3.8, 4) is 11.3 Å². The van der Waals surface area contributed by atoms with Crippen LogP contribution in [0, 0.1) is 0 Å². The number of aliphatic hydroxyl groups excluding tert-OH is 2. The van der Waals surface area contributed by atoms with Crippen LogP contribution < -0.4 is 9.80 Å². The summed E-state index contributed by atoms with van der Waals surface area (Å²) in [5, 5.41) is 24.1. The van der Waals surface area contributed by atoms with Crippen LogP contribution in [0.25, 0.3) is 11.3 Å². The molecule has 1 aliphatic carbocycles. The topological polar surface area (TPSA) is 62.5 Å². The van der Waals surface area contributed by atoms with Crippen LogP contribution in [-0.4, -0.2) is 59.6 Å². The largest absolute Gasteiger partial charge is 0.387 e. The third-order valence-electron chi connectivity index (χ3n) is 8.35. The van der Waals surface area contributed by atoms with Crippen molar-refractivity contribution in [1.82, 2.24) is 9.88 Å². The van der Waals surface area contributed by atoms with E-state index in [9.17, 15) is 10.2 Å². The monoisotopic (exact) mass is 469 g/mol. The lowest BCUT2D eigenvalue weighted by atomic mass is 9.63. The van der Waals surface area contributed by atoms with Crippen molar-refractivity contribution in [1.29, 1.82) is 0 Å². The Hall–Kier alpha value is -1.47. The van der Waals surface area contributed by atoms with Crippen molar-refractivity contribution >= 4 is 16.5 Å². The zero-order valence-electron chi connectivity index (χ0n) is 20.5. The average molecular weight is 470 g/mol. The third-order valence-corrected chi connectivity index (χ3v) is 9.26. The van der Waals surface area contributed by atoms with Crippen molar-refractivity contribution in [3.63, 3.8) is 0 Å². The fourth-order valence-electron chi connectivity index (χ4n) is 6.09. The number of hydrogen-bond donors (Lipinski definition) is 2. The molecule has 2 N–H and O–H groups in total. The highest BCUT2D eigenvalue weighted by Gasteiger charge is 2.42. The Bertz CT molecular complexity index is 1000. The maximum absolute atomic E-state index is 10.9. The van der Waals surface area contributed by atoms with E-state index in [4.69, 9.17) is 4.98 Å². The van der Waals surface area contributed by atoms with E-state index in [2.05, 4.69) is 61.1 Å². The number of anilines is 1. The number of fused-ring (bicyclic) bond motifs is 1. The zero-order chi connectivity index (χ0) is 23.4. The Morgan fingerprint density at radius 2 is 1.82 bits per heavy atom. The molecule has 179 valence electrons. The predicted octanol–water partition coefficient (Wildman–Crippen LogP) is 4.39. The van der Waals surface area contributed by atoms with Crippen molar-refractivity contribution in [2.75, 3.05) is 31.1 Å². The van der Waals surface area contributed by atoms with E-state index in [0.717, 1.165) is 43.2 Å². The van der Waals surface area contributed by atoms with Gasteiger partial charge in [0.1, 0.15) is 25.3 Å². The van der Waals surface area contributed by atoms with E-state index in [1.807, 2.05) is 0 Å². The second-order valence-electron chi connectivity index (χ2n) is 11.7. The third kappa shape index (κ3) is 4.47. The van der Waals surface area contributed by atoms with E-state index < -0.39 is 6.10 Å². The standard InChI is InChI=1S/C27H39N3O2S/c1-26(2)10-11-27(3,4)21-14-18(7-8-20(21)26)22-17-33-25(28-22)30-13-9-23(24(32)16-30)29-12-5-6-19(31)15-29/h7-8,14,17,19,23-24,31-32H,5-6,9-13,15-16H2,1-4H3/q+1. The van der Waals surface area contributed by atoms with Crippen LogP contribution in [0.2, 0.25) is 0 Å². The number of aliphatic hydroxyl groups is 2. The smallest absolute Gasteiger partial charge is 0.185 e. The minimum atomic E-state index is -0.414. The van der Waals surface area contributed by atoms with Crippen LogP contribution in [0.3, 0.4) is 0 Å². The van der Waals surface area contributed by atoms with Gasteiger partial charge >= 0.3 is 0 Å². The maximum Gasteiger partial charge on any atom is 0.185 e. The fraction of sp³-hybridized carbons (Fsp3) is 0.667. The summed E-state index contributed by atoms with van der Waals surface area (Å²) in [4.78, 5) is 9.53. The normalized spacial score (nSPS) is 29.6. The fourth-order valence-corrected chi connectivity index (χ4v) is 6.97. The van der Waals surface area contributed by atoms with E-state index in [-0.39, 0.29) is 23.0 Å². The molecule has 2 fully saturated rings. The Morgan fingerprint density at radius 1 is 1.06 bits per heavy atom. The van der Waals surface area contributed by atoms with Gasteiger partial charge in [-0.15, -0.1) is 11.3 Å². The van der Waals surface area contributed by atoms with Crippen LogP contribution in [0.15, 0.2) is 23.6 Å². The molecular weight excluding hydrogens is 430 g/mol. The van der Waals surface area contributed by atoms with Gasteiger partial charge in [0.2, 0.25) is 0 Å². The summed E-state index contributed by atoms with van der Waals surface area (Å²) in [6.45, 7) is 12.6. The molecule has 0 saturated carbocycles. The lowest BCUT2D eigenvalue weighted by molar-refractivity contribution is 0.0370. The van der Waals surface area contributed by atoms with Crippen LogP contribution in [0.1, 0.15) is 70.9 Å². The quantitative estimate of drug-likeness (QED) is 0.655. The number of β-amino-alcohol motifs (C(OH)–C–C–N with tert-alkyl or cyclic N) is 2. The van der Waals surface area contributed by atoms with Crippen molar-refractivity contribution in [3.05, 3.63) is 34.7 Å². The molecule has 1 radical (unpaired) electrons. The van der Waals surface area contributed by atoms with Crippen LogP contribution >= 0.6 is 11.3 Å². The van der Waals surface area contributed by atoms with E-state index in [1.165, 1.54) is 29.5 Å². The van der Waals surface area contributed by atoms with E-state index in [0.29, 0.717) is 13.1 Å². The number of rotatable bonds is 3. The van der Waals surface area contributed by atoms with Gasteiger partial charge in [-0.25, -0.2) is 4.98 Å². The second-order valence-corrected chi connectivity index (χ2v) is 12.5. The van der Waals surface area contributed by atoms with E-state index in [1.54, 1.807) is 11.3 Å². The summed E-state index contributed by atoms with van der Waals surface area (Å²) < 4.78 is 0. The zero-order valence-corrected chi connectivity index (χ0v) is 21.4. The van der Waals surface area contributed by atoms with Crippen LogP contribution in [0.5, 0.6) is 0 Å². The minimum Gasteiger partial charge on any atom is -0.387 e. The summed E-state index contributed by atoms with van der Waals surface area (Å²) in [6, 6.07) is 7.08. The number of aromatic nitrogens is 1. The summed E-state index contributed by atoms with van der Waals surface area (Å²) in [6.07, 6.45) is 4.57. The first-order chi connectivity index (χ1) is 15.6. The number of benzene rings is 1. The highest BCUT2D eigenvalue weighted by molar-refractivity contribution is 7.14. The number of thiazole rings is 1. The summed E-state index contributed by atoms with van der Waals surface area (Å²) in [7, 11) is 0. The van der Waals surface area contributed by atoms with Gasteiger partial charge in [-0.3, -0.25) is 0 Å². The number of piperidine rings is 2. The maximum atomic E-state index is 10.9. The van der Waals surface area contributed by atoms with Crippen LogP contribution in [-0.2, 0) is 10.8 Å². The van der Waals surface area contributed by atoms with Gasteiger partial charge in [0.05, 0.1) is 12.2 Å². The minimum absolute atomic E-state index is 0.141. The molecule has 6 heteroatoms. The van der Waals surface area contributed by atoms with Gasteiger partial charge < -0.3 is 15.1 Å². The Kier molecular flexibility index (Phi) is 6.09. The molecule has 0 spiro atoms. The predicted molar refractivity (Wildman–Crippen MR) is 137 cm³/mol. The summed E-state index contributed by atoms with van der Waals surface area (Å²) in [5.41, 5.74) is 5.58. The number of likely N-dealkylation sites (tertiary alicyclic amines) is 1. The first-order valence-corrected chi connectivity index (χ1v) is 13.5. The molecule has 33 heavy (non-hydrogen) atoms. The SMILES string of the molecule is CC1(C)CCC(C)(C)c2cc(-c3csc(N4CCC([N+]5CCCC(O)C5)C(O)C4)n3)ccc21. The summed E-state index contributed by atoms with van der Waals surface area (Å²) in [5.74, 6) is 0. The molecule has 5 nitrogen and oxygen atoms in total. The van der Waals surface area contributed by atoms with Gasteiger partial charge in [-0.2, -0.15) is 4.90 Å². The highest BCUT2D eigenvalue weighted by Crippen LogP contribution is 2.47. The molecule has 2 saturated heterocycles. The first-order valence-electron chi connectivity index (χ1n) is 12.6. The Labute approximate surface area is 202 Å². The van der Waals surface area contributed by atoms with Gasteiger partial charge in [0.15, 0.2) is 11.2 Å². The van der Waals surface area contributed by atoms with E-state index >= 15 is 0 Å². The molecule has 1 aromatic carbocycles. The molecule has 0 amide bonds. The lowest BCUT2D eigenvalue weighted by Crippen LogP contribution is -2.60. The molecule has 2 aromatic rings. The lowest BCUT2D eigenvalue weighted by Gasteiger charge is -2.42. The van der Waals surface area contributed by atoms with Crippen molar-refractivity contribution in [2.45, 2.75) is 88.9 Å². The van der Waals surface area contributed by atoms with Crippen molar-refractivity contribution in [2.24, 2.45) is 0 Å². The molecule has 1 aromatic heterocycles. The molecule has 2 aliphatic heterocycles. The second kappa shape index (κ2) is 8.63. The van der Waals surface area contributed by atoms with Gasteiger partial charge in [0, 0.05) is 30.3 Å². The Morgan fingerprint density at radius 3 is 2.55 bits per heavy atom. The molecule has 3 atom stereocenters. The van der Waals surface area contributed by atoms with Crippen molar-refractivity contribution < 1.29 is 10.2 Å². The molecule has 3 heterocycles. The average Bonchev–Trinajstić information content (AvgIpc) is 3.27. The Balaban J connectivity index is 1.32. The van der Waals surface area contributed by atoms with Gasteiger partial charge in [-0.05, 0) is 47.3 Å². The summed E-state index contributed by atoms with van der Waals surface area (Å²) >= 11 is 1.68. The van der Waals surface area contributed by atoms with Crippen LogP contribution in [0.4, 0.5) is 5.13 Å². The molecule has 0 bridgehead atoms. The van der Waals surface area contributed by atoms with Gasteiger partial charge in [0.25, 0.3) is 0 Å². The van der Waals surface area contributed by atoms with Gasteiger partial charge in [-0.1, -0.05) is 39.8 Å².